The Morgan fingerprint density at radius 3 is 2.28 bits per heavy atom. The molecule has 6 nitrogen and oxygen atoms in total. The summed E-state index contributed by atoms with van der Waals surface area (Å²) in [5, 5.41) is 11.3. The van der Waals surface area contributed by atoms with Crippen LogP contribution in [-0.2, 0) is 17.8 Å². The van der Waals surface area contributed by atoms with Crippen LogP contribution in [0.4, 0.5) is 0 Å². The number of piperidine rings is 1. The molecule has 0 radical (unpaired) electrons. The van der Waals surface area contributed by atoms with Crippen molar-refractivity contribution in [1.82, 2.24) is 9.47 Å². The highest BCUT2D eigenvalue weighted by Crippen LogP contribution is 2.32. The van der Waals surface area contributed by atoms with Crippen LogP contribution in [0.25, 0.3) is 22.5 Å². The monoisotopic (exact) mass is 482 g/mol. The van der Waals surface area contributed by atoms with Crippen LogP contribution < -0.4 is 5.56 Å². The molecular formula is C30H30N2O4. The summed E-state index contributed by atoms with van der Waals surface area (Å²) in [7, 11) is 0. The van der Waals surface area contributed by atoms with Crippen molar-refractivity contribution in [1.29, 1.82) is 0 Å². The molecule has 0 atom stereocenters. The number of amides is 1. The Morgan fingerprint density at radius 1 is 0.917 bits per heavy atom. The van der Waals surface area contributed by atoms with Gasteiger partial charge in [0.2, 0.25) is 5.91 Å². The third kappa shape index (κ3) is 5.34. The van der Waals surface area contributed by atoms with Crippen LogP contribution in [0.15, 0.2) is 101 Å². The molecule has 4 aromatic rings. The number of likely N-dealkylation sites (tertiary alicyclic amines) is 1. The molecule has 0 unspecified atom stereocenters. The number of pyridine rings is 1. The molecule has 3 heterocycles. The van der Waals surface area contributed by atoms with E-state index < -0.39 is 5.60 Å². The highest BCUT2D eigenvalue weighted by Gasteiger charge is 2.34. The second-order valence-electron chi connectivity index (χ2n) is 9.50. The van der Waals surface area contributed by atoms with Crippen LogP contribution in [0.3, 0.4) is 0 Å². The van der Waals surface area contributed by atoms with Crippen molar-refractivity contribution < 1.29 is 14.3 Å². The van der Waals surface area contributed by atoms with E-state index in [2.05, 4.69) is 0 Å². The van der Waals surface area contributed by atoms with Crippen molar-refractivity contribution in [3.63, 3.8) is 0 Å². The van der Waals surface area contributed by atoms with Gasteiger partial charge in [0, 0.05) is 37.3 Å². The molecule has 36 heavy (non-hydrogen) atoms. The molecule has 0 aliphatic carbocycles. The van der Waals surface area contributed by atoms with E-state index in [4.69, 9.17) is 4.42 Å². The van der Waals surface area contributed by atoms with Crippen molar-refractivity contribution in [3.8, 4) is 22.5 Å². The standard InChI is InChI=1S/C30H30N2O4/c33-28(14-13-23-8-3-1-4-9-23)31-17-15-30(35,16-18-31)22-32-21-26(27-12-7-19-36-27)25(20-29(32)34)24-10-5-2-6-11-24/h1-12,19-21,35H,13-18,22H2. The maximum atomic E-state index is 13.1. The number of nitrogens with zero attached hydrogens (tertiary/aromatic N) is 2. The first-order chi connectivity index (χ1) is 17.5. The minimum absolute atomic E-state index is 0.102. The van der Waals surface area contributed by atoms with Gasteiger partial charge in [-0.3, -0.25) is 9.59 Å². The van der Waals surface area contributed by atoms with Gasteiger partial charge >= 0.3 is 0 Å². The zero-order chi connectivity index (χ0) is 25.0. The number of furan rings is 1. The van der Waals surface area contributed by atoms with E-state index in [9.17, 15) is 14.7 Å². The van der Waals surface area contributed by atoms with Gasteiger partial charge in [-0.25, -0.2) is 0 Å². The van der Waals surface area contributed by atoms with Crippen molar-refractivity contribution >= 4 is 5.91 Å². The second kappa shape index (κ2) is 10.4. The predicted molar refractivity (Wildman–Crippen MR) is 139 cm³/mol. The Kier molecular flexibility index (Phi) is 6.87. The van der Waals surface area contributed by atoms with Crippen molar-refractivity contribution in [2.75, 3.05) is 13.1 Å². The summed E-state index contributed by atoms with van der Waals surface area (Å²) < 4.78 is 7.23. The van der Waals surface area contributed by atoms with Gasteiger partial charge in [-0.05, 0) is 48.1 Å². The Labute approximate surface area is 210 Å². The highest BCUT2D eigenvalue weighted by atomic mass is 16.3. The average molecular weight is 483 g/mol. The summed E-state index contributed by atoms with van der Waals surface area (Å²) in [6.45, 7) is 1.12. The van der Waals surface area contributed by atoms with E-state index in [1.54, 1.807) is 23.1 Å². The Bertz CT molecular complexity index is 1350. The molecule has 1 aliphatic heterocycles. The maximum Gasteiger partial charge on any atom is 0.251 e. The lowest BCUT2D eigenvalue weighted by molar-refractivity contribution is -0.135. The van der Waals surface area contributed by atoms with Crippen LogP contribution in [0.5, 0.6) is 0 Å². The fraction of sp³-hybridized carbons (Fsp3) is 0.267. The molecule has 2 aromatic carbocycles. The maximum absolute atomic E-state index is 13.1. The quantitative estimate of drug-likeness (QED) is 0.412. The lowest BCUT2D eigenvalue weighted by Gasteiger charge is -2.38. The number of hydrogen-bond donors (Lipinski definition) is 1. The van der Waals surface area contributed by atoms with Gasteiger partial charge in [0.15, 0.2) is 0 Å². The fourth-order valence-corrected chi connectivity index (χ4v) is 4.88. The average Bonchev–Trinajstić information content (AvgIpc) is 3.45. The van der Waals surface area contributed by atoms with Crippen LogP contribution in [0, 0.1) is 0 Å². The summed E-state index contributed by atoms with van der Waals surface area (Å²) in [6, 6.07) is 25.0. The Morgan fingerprint density at radius 2 is 1.61 bits per heavy atom. The van der Waals surface area contributed by atoms with E-state index in [0.29, 0.717) is 44.5 Å². The molecule has 1 N–H and O–H groups in total. The molecule has 184 valence electrons. The summed E-state index contributed by atoms with van der Waals surface area (Å²) in [4.78, 5) is 27.6. The number of rotatable bonds is 7. The summed E-state index contributed by atoms with van der Waals surface area (Å²) in [5.41, 5.74) is 2.41. The van der Waals surface area contributed by atoms with E-state index in [1.165, 1.54) is 0 Å². The number of benzene rings is 2. The molecular weight excluding hydrogens is 452 g/mol. The normalized spacial score (nSPS) is 15.1. The van der Waals surface area contributed by atoms with Gasteiger partial charge in [0.1, 0.15) is 5.76 Å². The summed E-state index contributed by atoms with van der Waals surface area (Å²) >= 11 is 0. The van der Waals surface area contributed by atoms with E-state index >= 15 is 0 Å². The minimum Gasteiger partial charge on any atom is -0.464 e. The highest BCUT2D eigenvalue weighted by molar-refractivity contribution is 5.80. The Balaban J connectivity index is 1.30. The molecule has 2 aromatic heterocycles. The molecule has 0 spiro atoms. The van der Waals surface area contributed by atoms with Gasteiger partial charge in [-0.2, -0.15) is 0 Å². The van der Waals surface area contributed by atoms with Crippen molar-refractivity contribution in [2.24, 2.45) is 0 Å². The molecule has 0 bridgehead atoms. The van der Waals surface area contributed by atoms with Gasteiger partial charge in [-0.15, -0.1) is 0 Å². The summed E-state index contributed by atoms with van der Waals surface area (Å²) in [6.07, 6.45) is 5.39. The van der Waals surface area contributed by atoms with Crippen LogP contribution in [0.1, 0.15) is 24.8 Å². The molecule has 1 fully saturated rings. The fourth-order valence-electron chi connectivity index (χ4n) is 4.88. The lowest BCUT2D eigenvalue weighted by atomic mass is 9.90. The minimum atomic E-state index is -1.06. The lowest BCUT2D eigenvalue weighted by Crippen LogP contribution is -2.49. The summed E-state index contributed by atoms with van der Waals surface area (Å²) in [5.74, 6) is 0.763. The van der Waals surface area contributed by atoms with E-state index in [-0.39, 0.29) is 18.0 Å². The molecule has 0 saturated carbocycles. The largest absolute Gasteiger partial charge is 0.464 e. The first-order valence-corrected chi connectivity index (χ1v) is 12.4. The van der Waals surface area contributed by atoms with Crippen molar-refractivity contribution in [3.05, 3.63) is 107 Å². The zero-order valence-electron chi connectivity index (χ0n) is 20.2. The number of carbonyl (C=O) groups is 1. The van der Waals surface area contributed by atoms with E-state index in [0.717, 1.165) is 22.3 Å². The predicted octanol–water partition coefficient (Wildman–Crippen LogP) is 4.76. The molecule has 1 amide bonds. The molecule has 1 aliphatic rings. The third-order valence-electron chi connectivity index (χ3n) is 6.98. The first-order valence-electron chi connectivity index (χ1n) is 12.4. The number of aliphatic hydroxyl groups is 1. The van der Waals surface area contributed by atoms with Crippen LogP contribution >= 0.6 is 0 Å². The first kappa shape index (κ1) is 23.8. The molecule has 5 rings (SSSR count). The number of carbonyl (C=O) groups excluding carboxylic acids is 1. The molecule has 6 heteroatoms. The number of aryl methyl sites for hydroxylation is 1. The molecule has 1 saturated heterocycles. The van der Waals surface area contributed by atoms with Crippen LogP contribution in [-0.4, -0.2) is 39.2 Å². The van der Waals surface area contributed by atoms with Gasteiger partial charge < -0.3 is 19.0 Å². The van der Waals surface area contributed by atoms with Crippen LogP contribution in [0.2, 0.25) is 0 Å². The van der Waals surface area contributed by atoms with Gasteiger partial charge in [0.05, 0.1) is 18.4 Å². The number of hydrogen-bond acceptors (Lipinski definition) is 4. The van der Waals surface area contributed by atoms with Crippen molar-refractivity contribution in [2.45, 2.75) is 37.8 Å². The van der Waals surface area contributed by atoms with Gasteiger partial charge in [0.25, 0.3) is 5.56 Å². The SMILES string of the molecule is O=C(CCc1ccccc1)N1CCC(O)(Cn2cc(-c3ccco3)c(-c3ccccc3)cc2=O)CC1. The second-order valence-corrected chi connectivity index (χ2v) is 9.50. The Hall–Kier alpha value is -3.90. The topological polar surface area (TPSA) is 75.7 Å². The third-order valence-corrected chi connectivity index (χ3v) is 6.98. The number of aromatic nitrogens is 1. The zero-order valence-corrected chi connectivity index (χ0v) is 20.2. The van der Waals surface area contributed by atoms with E-state index in [1.807, 2.05) is 77.7 Å². The smallest absolute Gasteiger partial charge is 0.251 e. The van der Waals surface area contributed by atoms with Gasteiger partial charge in [-0.1, -0.05) is 60.7 Å².